The van der Waals surface area contributed by atoms with Crippen molar-refractivity contribution >= 4 is 17.9 Å². The Bertz CT molecular complexity index is 933. The number of hydrogen-bond donors (Lipinski definition) is 1. The maximum Gasteiger partial charge on any atom is 0.321 e. The van der Waals surface area contributed by atoms with Gasteiger partial charge in [-0.15, -0.1) is 0 Å². The average molecular weight is 474 g/mol. The minimum Gasteiger partial charge on any atom is -0.489 e. The topological polar surface area (TPSA) is 81.6 Å². The third-order valence-corrected chi connectivity index (χ3v) is 5.38. The first-order valence-electron chi connectivity index (χ1n) is 11.4. The third kappa shape index (κ3) is 8.31. The molecule has 9 heteroatoms. The molecular formula is C25H32FN3O5. The number of urea groups is 1. The van der Waals surface area contributed by atoms with Crippen LogP contribution >= 0.6 is 0 Å². The van der Waals surface area contributed by atoms with Gasteiger partial charge in [-0.25, -0.2) is 9.18 Å². The molecule has 2 aromatic rings. The Kier molecular flexibility index (Phi) is 10.1. The standard InChI is InChI=1S/C25H32FN3O5/c1-29(25(30)27-10-3-11-31-2)22-6-4-20(5-7-22)18-33-23-14-21(26)15-24(16-23)34-28-17-19-8-12-32-13-9-19/h4-7,14-17,19H,3,8-13,18H2,1-2H3,(H,27,30)/b28-17-. The van der Waals surface area contributed by atoms with Crippen molar-refractivity contribution in [3.63, 3.8) is 0 Å². The molecule has 2 aromatic carbocycles. The predicted molar refractivity (Wildman–Crippen MR) is 128 cm³/mol. The molecular weight excluding hydrogens is 441 g/mol. The summed E-state index contributed by atoms with van der Waals surface area (Å²) in [5.74, 6) is 0.448. The lowest BCUT2D eigenvalue weighted by molar-refractivity contribution is 0.0833. The predicted octanol–water partition coefficient (Wildman–Crippen LogP) is 4.38. The largest absolute Gasteiger partial charge is 0.489 e. The third-order valence-electron chi connectivity index (χ3n) is 5.38. The maximum atomic E-state index is 14.0. The van der Waals surface area contributed by atoms with Crippen molar-refractivity contribution in [1.29, 1.82) is 0 Å². The fraction of sp³-hybridized carbons (Fsp3) is 0.440. The van der Waals surface area contributed by atoms with E-state index < -0.39 is 5.82 Å². The van der Waals surface area contributed by atoms with Crippen LogP contribution in [0.4, 0.5) is 14.9 Å². The smallest absolute Gasteiger partial charge is 0.321 e. The number of carbonyl (C=O) groups is 1. The molecule has 34 heavy (non-hydrogen) atoms. The molecule has 0 aromatic heterocycles. The summed E-state index contributed by atoms with van der Waals surface area (Å²) in [6.07, 6.45) is 4.30. The summed E-state index contributed by atoms with van der Waals surface area (Å²) in [6, 6.07) is 11.4. The first-order valence-corrected chi connectivity index (χ1v) is 11.4. The van der Waals surface area contributed by atoms with Crippen LogP contribution in [0.3, 0.4) is 0 Å². The van der Waals surface area contributed by atoms with Gasteiger partial charge in [-0.2, -0.15) is 0 Å². The Morgan fingerprint density at radius 3 is 2.68 bits per heavy atom. The van der Waals surface area contributed by atoms with E-state index in [1.807, 2.05) is 24.3 Å². The van der Waals surface area contributed by atoms with Crippen molar-refractivity contribution in [3.8, 4) is 11.5 Å². The van der Waals surface area contributed by atoms with Crippen LogP contribution in [0.5, 0.6) is 11.5 Å². The summed E-state index contributed by atoms with van der Waals surface area (Å²) in [5.41, 5.74) is 1.62. The summed E-state index contributed by atoms with van der Waals surface area (Å²) in [5, 5.41) is 6.83. The van der Waals surface area contributed by atoms with Crippen molar-refractivity contribution in [2.75, 3.05) is 45.4 Å². The van der Waals surface area contributed by atoms with Gasteiger partial charge in [0.1, 0.15) is 18.2 Å². The van der Waals surface area contributed by atoms with Gasteiger partial charge in [0, 0.05) is 76.5 Å². The van der Waals surface area contributed by atoms with Crippen LogP contribution in [0.2, 0.25) is 0 Å². The van der Waals surface area contributed by atoms with E-state index in [9.17, 15) is 9.18 Å². The van der Waals surface area contributed by atoms with E-state index in [4.69, 9.17) is 19.0 Å². The van der Waals surface area contributed by atoms with Crippen LogP contribution in [0, 0.1) is 11.7 Å². The first-order chi connectivity index (χ1) is 16.5. The Balaban J connectivity index is 1.49. The normalized spacial score (nSPS) is 14.2. The van der Waals surface area contributed by atoms with Crippen LogP contribution in [0.25, 0.3) is 0 Å². The lowest BCUT2D eigenvalue weighted by Gasteiger charge is -2.18. The minimum absolute atomic E-state index is 0.188. The number of carbonyl (C=O) groups excluding carboxylic acids is 1. The molecule has 1 saturated heterocycles. The number of rotatable bonds is 11. The van der Waals surface area contributed by atoms with Gasteiger partial charge in [0.2, 0.25) is 0 Å². The van der Waals surface area contributed by atoms with Gasteiger partial charge in [0.15, 0.2) is 5.75 Å². The van der Waals surface area contributed by atoms with E-state index in [-0.39, 0.29) is 18.4 Å². The number of benzene rings is 2. The zero-order valence-electron chi connectivity index (χ0n) is 19.7. The van der Waals surface area contributed by atoms with Crippen LogP contribution in [0.15, 0.2) is 47.6 Å². The number of hydrogen-bond acceptors (Lipinski definition) is 6. The summed E-state index contributed by atoms with van der Waals surface area (Å²) >= 11 is 0. The van der Waals surface area contributed by atoms with Gasteiger partial charge in [-0.3, -0.25) is 4.90 Å². The number of nitrogens with one attached hydrogen (secondary N) is 1. The number of anilines is 1. The SMILES string of the molecule is COCCCNC(=O)N(C)c1ccc(COc2cc(F)cc(O/N=C\C3CCOCC3)c2)cc1. The van der Waals surface area contributed by atoms with Crippen LogP contribution in [-0.4, -0.2) is 52.8 Å². The fourth-order valence-electron chi connectivity index (χ4n) is 3.35. The molecule has 184 valence electrons. The molecule has 1 N–H and O–H groups in total. The average Bonchev–Trinajstić information content (AvgIpc) is 2.85. The number of methoxy groups -OCH3 is 1. The van der Waals surface area contributed by atoms with Crippen molar-refractivity contribution in [1.82, 2.24) is 5.32 Å². The highest BCUT2D eigenvalue weighted by Gasteiger charge is 2.12. The maximum absolute atomic E-state index is 14.0. The van der Waals surface area contributed by atoms with Gasteiger partial charge in [0.05, 0.1) is 0 Å². The molecule has 0 radical (unpaired) electrons. The number of halogens is 1. The number of amides is 2. The quantitative estimate of drug-likeness (QED) is 0.298. The van der Waals surface area contributed by atoms with Crippen LogP contribution in [0.1, 0.15) is 24.8 Å². The van der Waals surface area contributed by atoms with Gasteiger partial charge < -0.3 is 24.4 Å². The summed E-state index contributed by atoms with van der Waals surface area (Å²) in [4.78, 5) is 19.1. The number of oxime groups is 1. The van der Waals surface area contributed by atoms with Gasteiger partial charge in [0.25, 0.3) is 0 Å². The minimum atomic E-state index is -0.470. The van der Waals surface area contributed by atoms with Crippen molar-refractivity contribution in [2.45, 2.75) is 25.9 Å². The Labute approximate surface area is 199 Å². The molecule has 2 amide bonds. The Hall–Kier alpha value is -3.17. The van der Waals surface area contributed by atoms with Crippen LogP contribution < -0.4 is 19.8 Å². The summed E-state index contributed by atoms with van der Waals surface area (Å²) < 4.78 is 30.0. The molecule has 0 unspecified atom stereocenters. The molecule has 1 aliphatic heterocycles. The van der Waals surface area contributed by atoms with E-state index in [0.29, 0.717) is 38.0 Å². The summed E-state index contributed by atoms with van der Waals surface area (Å²) in [7, 11) is 3.33. The van der Waals surface area contributed by atoms with Crippen molar-refractivity contribution in [2.24, 2.45) is 11.1 Å². The van der Waals surface area contributed by atoms with E-state index in [2.05, 4.69) is 10.5 Å². The van der Waals surface area contributed by atoms with E-state index >= 15 is 0 Å². The fourth-order valence-corrected chi connectivity index (χ4v) is 3.35. The number of nitrogens with zero attached hydrogens (tertiary/aromatic N) is 2. The molecule has 1 fully saturated rings. The molecule has 3 rings (SSSR count). The monoisotopic (exact) mass is 473 g/mol. The van der Waals surface area contributed by atoms with Crippen molar-refractivity contribution in [3.05, 3.63) is 53.8 Å². The van der Waals surface area contributed by atoms with E-state index in [0.717, 1.165) is 30.5 Å². The highest BCUT2D eigenvalue weighted by molar-refractivity contribution is 5.91. The molecule has 0 saturated carbocycles. The second kappa shape index (κ2) is 13.5. The highest BCUT2D eigenvalue weighted by Crippen LogP contribution is 2.24. The van der Waals surface area contributed by atoms with Crippen LogP contribution in [-0.2, 0) is 16.1 Å². The Morgan fingerprint density at radius 2 is 1.94 bits per heavy atom. The lowest BCUT2D eigenvalue weighted by atomic mass is 10.0. The van der Waals surface area contributed by atoms with Gasteiger partial charge in [-0.1, -0.05) is 17.3 Å². The van der Waals surface area contributed by atoms with E-state index in [1.54, 1.807) is 26.4 Å². The van der Waals surface area contributed by atoms with Gasteiger partial charge in [-0.05, 0) is 37.0 Å². The second-order valence-corrected chi connectivity index (χ2v) is 8.01. The molecule has 0 atom stereocenters. The summed E-state index contributed by atoms with van der Waals surface area (Å²) in [6.45, 7) is 2.81. The zero-order valence-corrected chi connectivity index (χ0v) is 19.7. The highest BCUT2D eigenvalue weighted by atomic mass is 19.1. The van der Waals surface area contributed by atoms with E-state index in [1.165, 1.54) is 17.0 Å². The molecule has 0 spiro atoms. The molecule has 1 aliphatic rings. The first kappa shape index (κ1) is 25.5. The molecule has 0 bridgehead atoms. The molecule has 1 heterocycles. The molecule has 8 nitrogen and oxygen atoms in total. The van der Waals surface area contributed by atoms with Gasteiger partial charge >= 0.3 is 6.03 Å². The molecule has 0 aliphatic carbocycles. The lowest BCUT2D eigenvalue weighted by Crippen LogP contribution is -2.38. The zero-order chi connectivity index (χ0) is 24.2. The van der Waals surface area contributed by atoms with Crippen molar-refractivity contribution < 1.29 is 28.2 Å². The second-order valence-electron chi connectivity index (χ2n) is 8.01. The number of ether oxygens (including phenoxy) is 3. The Morgan fingerprint density at radius 1 is 1.21 bits per heavy atom.